The Labute approximate surface area is 284 Å². The quantitative estimate of drug-likeness (QED) is 0.0359. The number of rotatable bonds is 19. The summed E-state index contributed by atoms with van der Waals surface area (Å²) in [6.07, 6.45) is 6.30. The van der Waals surface area contributed by atoms with Crippen LogP contribution in [0, 0.1) is 11.8 Å². The number of ether oxygens (including phenoxy) is 5. The molecule has 1 fully saturated rings. The van der Waals surface area contributed by atoms with Gasteiger partial charge in [-0.25, -0.2) is 4.79 Å². The Balaban J connectivity index is 2.47. The maximum Gasteiger partial charge on any atom is 0.352 e. The van der Waals surface area contributed by atoms with Crippen LogP contribution in [-0.4, -0.2) is 64.0 Å². The molecule has 1 aliphatic rings. The third-order valence-corrected chi connectivity index (χ3v) is 13.7. The zero-order valence-electron chi connectivity index (χ0n) is 30.4. The minimum Gasteiger partial charge on any atom is -0.466 e. The van der Waals surface area contributed by atoms with Gasteiger partial charge in [0, 0.05) is 31.9 Å². The summed E-state index contributed by atoms with van der Waals surface area (Å²) in [5.74, 6) is -1.63. The summed E-state index contributed by atoms with van der Waals surface area (Å²) in [6.45, 7) is 20.6. The van der Waals surface area contributed by atoms with Crippen molar-refractivity contribution in [2.45, 2.75) is 143 Å². The molecule has 0 aromatic heterocycles. The zero-order valence-corrected chi connectivity index (χ0v) is 31.4. The van der Waals surface area contributed by atoms with Crippen LogP contribution in [0.5, 0.6) is 0 Å². The van der Waals surface area contributed by atoms with Gasteiger partial charge in [0.05, 0.1) is 18.8 Å². The fraction of sp³-hybridized carbons (Fsp3) is 0.703. The van der Waals surface area contributed by atoms with E-state index >= 15 is 0 Å². The van der Waals surface area contributed by atoms with E-state index in [1.807, 2.05) is 26.0 Å². The lowest BCUT2D eigenvalue weighted by Gasteiger charge is -2.40. The van der Waals surface area contributed by atoms with E-state index in [0.717, 1.165) is 19.3 Å². The molecule has 0 N–H and O–H groups in total. The molecule has 0 spiro atoms. The van der Waals surface area contributed by atoms with Crippen LogP contribution in [0.25, 0.3) is 0 Å². The maximum atomic E-state index is 13.5. The summed E-state index contributed by atoms with van der Waals surface area (Å²) >= 11 is 0. The Hall–Kier alpha value is -2.53. The zero-order chi connectivity index (χ0) is 35.2. The molecule has 1 unspecified atom stereocenters. The van der Waals surface area contributed by atoms with Crippen LogP contribution in [-0.2, 0) is 42.5 Å². The fourth-order valence-electron chi connectivity index (χ4n) is 5.72. The molecule has 0 heterocycles. The summed E-state index contributed by atoms with van der Waals surface area (Å²) in [7, 11) is -2.16. The molecule has 0 aliphatic heterocycles. The first kappa shape index (κ1) is 40.6. The Kier molecular flexibility index (Phi) is 16.8. The first-order valence-corrected chi connectivity index (χ1v) is 20.2. The highest BCUT2D eigenvalue weighted by Crippen LogP contribution is 2.45. The van der Waals surface area contributed by atoms with Crippen LogP contribution in [0.15, 0.2) is 42.5 Å². The second kappa shape index (κ2) is 19.5. The predicted molar refractivity (Wildman–Crippen MR) is 185 cm³/mol. The number of unbranched alkanes of at least 4 members (excludes halogenated alkanes) is 2. The Bertz CT molecular complexity index is 1130. The van der Waals surface area contributed by atoms with Gasteiger partial charge in [0.2, 0.25) is 6.10 Å². The maximum absolute atomic E-state index is 13.5. The fourth-order valence-corrected chi connectivity index (χ4v) is 7.11. The highest BCUT2D eigenvalue weighted by atomic mass is 28.4. The number of hydrogen-bond acceptors (Lipinski definition) is 9. The first-order valence-electron chi connectivity index (χ1n) is 17.3. The summed E-state index contributed by atoms with van der Waals surface area (Å²) < 4.78 is 36.2. The van der Waals surface area contributed by atoms with Gasteiger partial charge in [-0.2, -0.15) is 0 Å². The van der Waals surface area contributed by atoms with Crippen molar-refractivity contribution >= 4 is 26.2 Å². The second-order valence-corrected chi connectivity index (χ2v) is 18.7. The standard InChI is InChI=1S/C37H60O9Si/c1-11-13-15-20-30(45-36(40)35(43-27(4)39)29-18-16-14-17-19-29)21-22-31-32(23-24-42-26(3)38)34(46-47(9,10)37(6,7)8)25-33(31)44-28(5)41-12-2/h14,16-19,21-22,28,30-35H,11-13,15,20,23-25H2,1-10H3/b22-21+/t28?,30-,31+,32-,33+,34-,35-/m0/s1. The number of carbonyl (C=O) groups excluding carboxylic acids is 3. The molecule has 1 aliphatic carbocycles. The summed E-state index contributed by atoms with van der Waals surface area (Å²) in [6, 6.07) is 8.90. The van der Waals surface area contributed by atoms with Crippen LogP contribution in [0.2, 0.25) is 18.1 Å². The van der Waals surface area contributed by atoms with E-state index in [2.05, 4.69) is 46.9 Å². The van der Waals surface area contributed by atoms with Gasteiger partial charge in [-0.05, 0) is 69.7 Å². The van der Waals surface area contributed by atoms with Crippen molar-refractivity contribution in [3.05, 3.63) is 48.0 Å². The first-order chi connectivity index (χ1) is 22.1. The van der Waals surface area contributed by atoms with Gasteiger partial charge in [-0.1, -0.05) is 76.9 Å². The van der Waals surface area contributed by atoms with Crippen molar-refractivity contribution in [1.29, 1.82) is 0 Å². The van der Waals surface area contributed by atoms with Crippen molar-refractivity contribution in [2.24, 2.45) is 11.8 Å². The van der Waals surface area contributed by atoms with E-state index < -0.39 is 38.8 Å². The number of hydrogen-bond donors (Lipinski definition) is 0. The van der Waals surface area contributed by atoms with Gasteiger partial charge in [-0.15, -0.1) is 0 Å². The average molecular weight is 677 g/mol. The summed E-state index contributed by atoms with van der Waals surface area (Å²) in [5, 5.41) is 0.00609. The van der Waals surface area contributed by atoms with Gasteiger partial charge in [-0.3, -0.25) is 9.59 Å². The third-order valence-electron chi connectivity index (χ3n) is 9.15. The Morgan fingerprint density at radius 3 is 2.23 bits per heavy atom. The van der Waals surface area contributed by atoms with Gasteiger partial charge >= 0.3 is 17.9 Å². The van der Waals surface area contributed by atoms with E-state index in [1.54, 1.807) is 24.3 Å². The minimum absolute atomic E-state index is 0.00609. The highest BCUT2D eigenvalue weighted by Gasteiger charge is 2.48. The summed E-state index contributed by atoms with van der Waals surface area (Å²) in [4.78, 5) is 37.2. The van der Waals surface area contributed by atoms with Crippen molar-refractivity contribution in [2.75, 3.05) is 13.2 Å². The molecule has 1 saturated carbocycles. The van der Waals surface area contributed by atoms with E-state index in [0.29, 0.717) is 31.4 Å². The molecule has 7 atom stereocenters. The molecule has 1 aromatic carbocycles. The van der Waals surface area contributed by atoms with Crippen LogP contribution in [0.1, 0.15) is 106 Å². The van der Waals surface area contributed by atoms with Crippen molar-refractivity contribution in [3.8, 4) is 0 Å². The van der Waals surface area contributed by atoms with E-state index in [4.69, 9.17) is 28.1 Å². The van der Waals surface area contributed by atoms with Crippen LogP contribution in [0.4, 0.5) is 0 Å². The number of carbonyl (C=O) groups is 3. The average Bonchev–Trinajstić information content (AvgIpc) is 3.28. The second-order valence-electron chi connectivity index (χ2n) is 14.0. The Morgan fingerprint density at radius 2 is 1.66 bits per heavy atom. The molecule has 0 radical (unpaired) electrons. The monoisotopic (exact) mass is 676 g/mol. The lowest BCUT2D eigenvalue weighted by molar-refractivity contribution is -0.169. The lowest BCUT2D eigenvalue weighted by Crippen LogP contribution is -2.45. The highest BCUT2D eigenvalue weighted by molar-refractivity contribution is 6.74. The smallest absolute Gasteiger partial charge is 0.352 e. The van der Waals surface area contributed by atoms with Crippen LogP contribution < -0.4 is 0 Å². The minimum atomic E-state index is -2.16. The van der Waals surface area contributed by atoms with Gasteiger partial charge in [0.25, 0.3) is 0 Å². The predicted octanol–water partition coefficient (Wildman–Crippen LogP) is 8.09. The van der Waals surface area contributed by atoms with Gasteiger partial charge in [0.1, 0.15) is 6.10 Å². The third kappa shape index (κ3) is 13.5. The molecule has 0 saturated heterocycles. The molecule has 1 aromatic rings. The molecule has 266 valence electrons. The molecule has 0 bridgehead atoms. The van der Waals surface area contributed by atoms with Crippen LogP contribution in [0.3, 0.4) is 0 Å². The lowest BCUT2D eigenvalue weighted by atomic mass is 9.90. The van der Waals surface area contributed by atoms with Gasteiger partial charge in [0.15, 0.2) is 14.6 Å². The molecule has 10 heteroatoms. The Morgan fingerprint density at radius 1 is 0.979 bits per heavy atom. The SMILES string of the molecule is CCCCC[C@@H](/C=C/[C@@H]1[C@H](CCOC(C)=O)[C@@H](O[Si](C)(C)C(C)(C)C)C[C@H]1OC(C)OCC)OC(=O)[C@@H](OC(C)=O)c1ccccc1. The topological polar surface area (TPSA) is 107 Å². The molecule has 47 heavy (non-hydrogen) atoms. The van der Waals surface area contributed by atoms with Crippen molar-refractivity contribution in [3.63, 3.8) is 0 Å². The van der Waals surface area contributed by atoms with Crippen molar-refractivity contribution < 1.29 is 42.5 Å². The molecule has 2 rings (SSSR count). The summed E-state index contributed by atoms with van der Waals surface area (Å²) in [5.41, 5.74) is 0.550. The number of benzene rings is 1. The van der Waals surface area contributed by atoms with Crippen LogP contribution >= 0.6 is 0 Å². The largest absolute Gasteiger partial charge is 0.466 e. The molecular formula is C37H60O9Si. The van der Waals surface area contributed by atoms with E-state index in [-0.39, 0.29) is 41.7 Å². The van der Waals surface area contributed by atoms with Gasteiger partial charge < -0.3 is 28.1 Å². The number of esters is 3. The molecular weight excluding hydrogens is 616 g/mol. The molecule has 9 nitrogen and oxygen atoms in total. The van der Waals surface area contributed by atoms with E-state index in [9.17, 15) is 14.4 Å². The van der Waals surface area contributed by atoms with Crippen molar-refractivity contribution in [1.82, 2.24) is 0 Å². The van der Waals surface area contributed by atoms with E-state index in [1.165, 1.54) is 13.8 Å². The molecule has 0 amide bonds. The normalized spacial score (nSPS) is 22.1.